The second-order valence-corrected chi connectivity index (χ2v) is 2.64. The zero-order valence-electron chi connectivity index (χ0n) is 7.20. The summed E-state index contributed by atoms with van der Waals surface area (Å²) in [5.74, 6) is 2.61. The first-order valence-corrected chi connectivity index (χ1v) is 3.98. The topological polar surface area (TPSA) is 29.9 Å². The fourth-order valence-electron chi connectivity index (χ4n) is 0.888. The van der Waals surface area contributed by atoms with E-state index in [1.807, 2.05) is 17.7 Å². The number of aromatic nitrogens is 2. The lowest BCUT2D eigenvalue weighted by Gasteiger charge is -2.06. The van der Waals surface area contributed by atoms with Gasteiger partial charge in [-0.15, -0.1) is 6.42 Å². The lowest BCUT2D eigenvalue weighted by Crippen LogP contribution is -2.27. The highest BCUT2D eigenvalue weighted by Gasteiger charge is 1.93. The standard InChI is InChI=1S/C9H13N3/c1-3-9(2)11-5-7-12-6-4-10-8-12/h1,4,6,8-9,11H,5,7H2,2H3. The maximum atomic E-state index is 5.20. The molecule has 0 amide bonds. The highest BCUT2D eigenvalue weighted by atomic mass is 15.0. The van der Waals surface area contributed by atoms with Crippen molar-refractivity contribution in [3.05, 3.63) is 18.7 Å². The quantitative estimate of drug-likeness (QED) is 0.655. The second-order valence-electron chi connectivity index (χ2n) is 2.64. The number of terminal acetylenes is 1. The van der Waals surface area contributed by atoms with Crippen LogP contribution in [0.2, 0.25) is 0 Å². The van der Waals surface area contributed by atoms with Crippen molar-refractivity contribution in [2.45, 2.75) is 19.5 Å². The molecule has 0 saturated carbocycles. The molecule has 0 spiro atoms. The van der Waals surface area contributed by atoms with Gasteiger partial charge in [0.25, 0.3) is 0 Å². The predicted octanol–water partition coefficient (Wildman–Crippen LogP) is 0.494. The number of hydrogen-bond donors (Lipinski definition) is 1. The van der Waals surface area contributed by atoms with Gasteiger partial charge in [-0.05, 0) is 6.92 Å². The highest BCUT2D eigenvalue weighted by Crippen LogP contribution is 1.84. The van der Waals surface area contributed by atoms with E-state index in [0.29, 0.717) is 0 Å². The van der Waals surface area contributed by atoms with Crippen LogP contribution in [0.25, 0.3) is 0 Å². The van der Waals surface area contributed by atoms with Crippen molar-refractivity contribution in [3.8, 4) is 12.3 Å². The Kier molecular flexibility index (Phi) is 3.36. The summed E-state index contributed by atoms with van der Waals surface area (Å²) in [6.07, 6.45) is 10.7. The van der Waals surface area contributed by atoms with Crippen molar-refractivity contribution in [1.29, 1.82) is 0 Å². The van der Waals surface area contributed by atoms with Crippen molar-refractivity contribution < 1.29 is 0 Å². The minimum absolute atomic E-state index is 0.147. The Morgan fingerprint density at radius 1 is 1.75 bits per heavy atom. The Hall–Kier alpha value is -1.27. The largest absolute Gasteiger partial charge is 0.336 e. The monoisotopic (exact) mass is 163 g/mol. The van der Waals surface area contributed by atoms with Crippen LogP contribution in [0.4, 0.5) is 0 Å². The maximum Gasteiger partial charge on any atom is 0.0946 e. The molecule has 0 aliphatic carbocycles. The fraction of sp³-hybridized carbons (Fsp3) is 0.444. The third-order valence-corrected chi connectivity index (χ3v) is 1.63. The van der Waals surface area contributed by atoms with Crippen LogP contribution in [0.1, 0.15) is 6.92 Å². The highest BCUT2D eigenvalue weighted by molar-refractivity contribution is 4.95. The number of nitrogens with zero attached hydrogens (tertiary/aromatic N) is 2. The summed E-state index contributed by atoms with van der Waals surface area (Å²) in [4.78, 5) is 3.93. The average molecular weight is 163 g/mol. The Morgan fingerprint density at radius 2 is 2.58 bits per heavy atom. The molecule has 1 aromatic rings. The normalized spacial score (nSPS) is 12.3. The lowest BCUT2D eigenvalue weighted by molar-refractivity contribution is 0.575. The van der Waals surface area contributed by atoms with E-state index in [2.05, 4.69) is 16.2 Å². The Bertz CT molecular complexity index is 245. The lowest BCUT2D eigenvalue weighted by atomic mass is 10.3. The van der Waals surface area contributed by atoms with E-state index in [0.717, 1.165) is 13.1 Å². The van der Waals surface area contributed by atoms with E-state index in [9.17, 15) is 0 Å². The van der Waals surface area contributed by atoms with Crippen LogP contribution in [-0.4, -0.2) is 22.1 Å². The molecule has 12 heavy (non-hydrogen) atoms. The van der Waals surface area contributed by atoms with Gasteiger partial charge in [-0.3, -0.25) is 0 Å². The van der Waals surface area contributed by atoms with Gasteiger partial charge in [-0.25, -0.2) is 4.98 Å². The van der Waals surface area contributed by atoms with Crippen molar-refractivity contribution in [1.82, 2.24) is 14.9 Å². The van der Waals surface area contributed by atoms with Crippen molar-refractivity contribution in [2.24, 2.45) is 0 Å². The SMILES string of the molecule is C#CC(C)NCCn1ccnc1. The first-order chi connectivity index (χ1) is 5.83. The van der Waals surface area contributed by atoms with Crippen LogP contribution in [0, 0.1) is 12.3 Å². The van der Waals surface area contributed by atoms with Crippen LogP contribution in [0.5, 0.6) is 0 Å². The Balaban J connectivity index is 2.16. The number of rotatable bonds is 4. The molecule has 0 fully saturated rings. The van der Waals surface area contributed by atoms with Crippen molar-refractivity contribution >= 4 is 0 Å². The van der Waals surface area contributed by atoms with E-state index in [4.69, 9.17) is 6.42 Å². The molecule has 1 N–H and O–H groups in total. The summed E-state index contributed by atoms with van der Waals surface area (Å²) < 4.78 is 2.01. The van der Waals surface area contributed by atoms with E-state index in [-0.39, 0.29) is 6.04 Å². The van der Waals surface area contributed by atoms with Gasteiger partial charge >= 0.3 is 0 Å². The van der Waals surface area contributed by atoms with Gasteiger partial charge in [0.15, 0.2) is 0 Å². The van der Waals surface area contributed by atoms with Crippen LogP contribution < -0.4 is 5.32 Å². The first kappa shape index (κ1) is 8.82. The van der Waals surface area contributed by atoms with Crippen molar-refractivity contribution in [2.75, 3.05) is 6.54 Å². The number of hydrogen-bond acceptors (Lipinski definition) is 2. The summed E-state index contributed by atoms with van der Waals surface area (Å²) in [5.41, 5.74) is 0. The molecule has 1 heterocycles. The summed E-state index contributed by atoms with van der Waals surface area (Å²) in [6.45, 7) is 3.75. The molecule has 0 bridgehead atoms. The summed E-state index contributed by atoms with van der Waals surface area (Å²) in [6, 6.07) is 0.147. The fourth-order valence-corrected chi connectivity index (χ4v) is 0.888. The molecular formula is C9H13N3. The average Bonchev–Trinajstić information content (AvgIpc) is 2.57. The van der Waals surface area contributed by atoms with Crippen LogP contribution in [0.15, 0.2) is 18.7 Å². The van der Waals surface area contributed by atoms with Crippen LogP contribution >= 0.6 is 0 Å². The Labute approximate surface area is 72.8 Å². The van der Waals surface area contributed by atoms with E-state index >= 15 is 0 Å². The molecule has 0 aromatic carbocycles. The third-order valence-electron chi connectivity index (χ3n) is 1.63. The second kappa shape index (κ2) is 4.58. The first-order valence-electron chi connectivity index (χ1n) is 3.98. The zero-order valence-corrected chi connectivity index (χ0v) is 7.20. The molecule has 0 saturated heterocycles. The minimum atomic E-state index is 0.147. The van der Waals surface area contributed by atoms with E-state index in [1.165, 1.54) is 0 Å². The maximum absolute atomic E-state index is 5.20. The zero-order chi connectivity index (χ0) is 8.81. The van der Waals surface area contributed by atoms with Gasteiger partial charge in [0.05, 0.1) is 12.4 Å². The van der Waals surface area contributed by atoms with Gasteiger partial charge in [-0.2, -0.15) is 0 Å². The molecule has 0 aliphatic heterocycles. The van der Waals surface area contributed by atoms with Gasteiger partial charge in [-0.1, -0.05) is 5.92 Å². The molecule has 0 aliphatic rings. The third kappa shape index (κ3) is 2.77. The number of nitrogens with one attached hydrogen (secondary N) is 1. The van der Waals surface area contributed by atoms with E-state index < -0.39 is 0 Å². The van der Waals surface area contributed by atoms with Gasteiger partial charge in [0.2, 0.25) is 0 Å². The van der Waals surface area contributed by atoms with Gasteiger partial charge < -0.3 is 9.88 Å². The summed E-state index contributed by atoms with van der Waals surface area (Å²) >= 11 is 0. The molecular weight excluding hydrogens is 150 g/mol. The molecule has 1 unspecified atom stereocenters. The van der Waals surface area contributed by atoms with Gasteiger partial charge in [0, 0.05) is 25.5 Å². The molecule has 1 rings (SSSR count). The molecule has 0 radical (unpaired) electrons. The predicted molar refractivity (Wildman–Crippen MR) is 48.5 cm³/mol. The molecule has 3 heteroatoms. The summed E-state index contributed by atoms with van der Waals surface area (Å²) in [7, 11) is 0. The summed E-state index contributed by atoms with van der Waals surface area (Å²) in [5, 5.41) is 3.19. The molecule has 3 nitrogen and oxygen atoms in total. The minimum Gasteiger partial charge on any atom is -0.336 e. The van der Waals surface area contributed by atoms with Crippen LogP contribution in [-0.2, 0) is 6.54 Å². The Morgan fingerprint density at radius 3 is 3.17 bits per heavy atom. The molecule has 1 aromatic heterocycles. The van der Waals surface area contributed by atoms with Crippen molar-refractivity contribution in [3.63, 3.8) is 0 Å². The number of imidazole rings is 1. The molecule has 64 valence electrons. The van der Waals surface area contributed by atoms with E-state index in [1.54, 1.807) is 12.5 Å². The van der Waals surface area contributed by atoms with Gasteiger partial charge in [0.1, 0.15) is 0 Å². The smallest absolute Gasteiger partial charge is 0.0946 e. The van der Waals surface area contributed by atoms with Crippen LogP contribution in [0.3, 0.4) is 0 Å². The molecule has 1 atom stereocenters.